The van der Waals surface area contributed by atoms with Gasteiger partial charge in [-0.1, -0.05) is 127 Å². The first kappa shape index (κ1) is 17.2. The summed E-state index contributed by atoms with van der Waals surface area (Å²) in [6, 6.07) is 23.9. The molecule has 0 saturated carbocycles. The maximum atomic E-state index is 8.64. The number of nitrogens with zero attached hydrogens (tertiary/aromatic N) is 3. The smallest absolute Gasteiger partial charge is 0.164 e. The Morgan fingerprint density at radius 3 is 1.76 bits per heavy atom. The number of aromatic nitrogens is 3. The first-order valence-corrected chi connectivity index (χ1v) is 14.2. The van der Waals surface area contributed by atoms with Gasteiger partial charge in [-0.25, -0.2) is 15.0 Å². The molecule has 0 radical (unpaired) electrons. The Balaban J connectivity index is 1.32. The van der Waals surface area contributed by atoms with Crippen LogP contribution in [0.4, 0.5) is 0 Å². The highest BCUT2D eigenvalue weighted by atomic mass is 16.3. The van der Waals surface area contributed by atoms with E-state index < -0.39 is 60.4 Å². The summed E-state index contributed by atoms with van der Waals surface area (Å²) in [6.45, 7) is 0. The Kier molecular flexibility index (Phi) is 3.93. The molecule has 0 unspecified atom stereocenters. The molecule has 9 aromatic rings. The van der Waals surface area contributed by atoms with Crippen LogP contribution in [0, 0.1) is 0 Å². The molecule has 0 aliphatic rings. The summed E-state index contributed by atoms with van der Waals surface area (Å²) in [5.41, 5.74) is 3.04. The van der Waals surface area contributed by atoms with Gasteiger partial charge in [0.25, 0.3) is 0 Å². The molecule has 45 heavy (non-hydrogen) atoms. The second-order valence-electron chi connectivity index (χ2n) is 10.5. The number of furan rings is 1. The van der Waals surface area contributed by atoms with Crippen molar-refractivity contribution < 1.29 is 18.1 Å². The second kappa shape index (κ2) is 10.2. The van der Waals surface area contributed by atoms with Crippen molar-refractivity contribution in [3.8, 4) is 45.3 Å². The van der Waals surface area contributed by atoms with Gasteiger partial charge in [0.05, 0.1) is 13.7 Å². The maximum Gasteiger partial charge on any atom is 0.164 e. The average Bonchev–Trinajstić information content (AvgIpc) is 3.58. The standard InChI is InChI=1S/C41H25N3O/c1-3-13-27(14-4-1)39-42-40(28-15-5-2-6-16-28)44-41(43-39)29-22-23-36-35(24-29)38-33-20-10-9-19-32(33)34(25-37(38)45-36)31-21-11-17-26-12-7-8-18-30(26)31/h1-25H/i1D,2D,3D,4D,5D,6D,13D,14D,15D,16D. The molecule has 0 saturated heterocycles. The van der Waals surface area contributed by atoms with E-state index in [0.29, 0.717) is 16.7 Å². The lowest BCUT2D eigenvalue weighted by Crippen LogP contribution is -2.00. The quantitative estimate of drug-likeness (QED) is 0.206. The molecule has 7 aromatic carbocycles. The molecule has 0 bridgehead atoms. The van der Waals surface area contributed by atoms with Crippen molar-refractivity contribution in [3.05, 3.63) is 151 Å². The predicted octanol–water partition coefficient (Wildman–Crippen LogP) is 10.7. The first-order chi connectivity index (χ1) is 26.4. The third-order valence-electron chi connectivity index (χ3n) is 7.90. The largest absolute Gasteiger partial charge is 0.456 e. The van der Waals surface area contributed by atoms with Crippen LogP contribution >= 0.6 is 0 Å². The van der Waals surface area contributed by atoms with Gasteiger partial charge in [0.15, 0.2) is 17.5 Å². The fourth-order valence-corrected chi connectivity index (χ4v) is 5.92. The molecule has 0 N–H and O–H groups in total. The molecule has 0 fully saturated rings. The lowest BCUT2D eigenvalue weighted by molar-refractivity contribution is 0.669. The topological polar surface area (TPSA) is 51.8 Å². The molecule has 210 valence electrons. The zero-order valence-electron chi connectivity index (χ0n) is 33.4. The molecule has 4 nitrogen and oxygen atoms in total. The molecule has 2 heterocycles. The SMILES string of the molecule is [2H]c1c([2H])c([2H])c(-c2nc(-c3ccc4oc5cc(-c6cccc7ccccc67)c6ccccc6c5c4c3)nc(-c3c([2H])c([2H])c([2H])c([2H])c3[2H])n2)c([2H])c1[2H]. The molecule has 0 spiro atoms. The van der Waals surface area contributed by atoms with Gasteiger partial charge < -0.3 is 4.42 Å². The summed E-state index contributed by atoms with van der Waals surface area (Å²) in [5, 5.41) is 5.72. The Morgan fingerprint density at radius 2 is 1.04 bits per heavy atom. The molecule has 0 aliphatic heterocycles. The van der Waals surface area contributed by atoms with Crippen molar-refractivity contribution in [2.45, 2.75) is 0 Å². The Bertz CT molecular complexity index is 2980. The van der Waals surface area contributed by atoms with Crippen LogP contribution in [0.2, 0.25) is 0 Å². The third kappa shape index (κ3) is 4.27. The van der Waals surface area contributed by atoms with Gasteiger partial charge in [-0.2, -0.15) is 0 Å². The number of hydrogen-bond donors (Lipinski definition) is 0. The van der Waals surface area contributed by atoms with E-state index in [0.717, 1.165) is 43.4 Å². The van der Waals surface area contributed by atoms with E-state index in [4.69, 9.17) is 18.1 Å². The monoisotopic (exact) mass is 585 g/mol. The highest BCUT2D eigenvalue weighted by molar-refractivity contribution is 6.23. The Hall–Kier alpha value is -6.13. The highest BCUT2D eigenvalue weighted by Crippen LogP contribution is 2.42. The molecule has 2 aromatic heterocycles. The molecular formula is C41H25N3O. The predicted molar refractivity (Wildman–Crippen MR) is 184 cm³/mol. The molecular weight excluding hydrogens is 550 g/mol. The average molecular weight is 586 g/mol. The summed E-state index contributed by atoms with van der Waals surface area (Å²) in [6.07, 6.45) is 0. The number of hydrogen-bond acceptors (Lipinski definition) is 4. The Morgan fingerprint density at radius 1 is 0.444 bits per heavy atom. The van der Waals surface area contributed by atoms with Crippen molar-refractivity contribution in [1.29, 1.82) is 0 Å². The van der Waals surface area contributed by atoms with Gasteiger partial charge in [-0.3, -0.25) is 0 Å². The first-order valence-electron chi connectivity index (χ1n) is 19.2. The molecule has 0 amide bonds. The van der Waals surface area contributed by atoms with Gasteiger partial charge in [0.1, 0.15) is 11.2 Å². The maximum absolute atomic E-state index is 8.64. The van der Waals surface area contributed by atoms with Crippen molar-refractivity contribution in [1.82, 2.24) is 15.0 Å². The minimum absolute atomic E-state index is 0.0217. The fourth-order valence-electron chi connectivity index (χ4n) is 5.92. The van der Waals surface area contributed by atoms with Gasteiger partial charge in [-0.05, 0) is 56.9 Å². The van der Waals surface area contributed by atoms with E-state index in [1.54, 1.807) is 12.1 Å². The molecule has 0 aliphatic carbocycles. The van der Waals surface area contributed by atoms with Crippen LogP contribution in [0.5, 0.6) is 0 Å². The number of rotatable bonds is 4. The van der Waals surface area contributed by atoms with Crippen molar-refractivity contribution >= 4 is 43.5 Å². The van der Waals surface area contributed by atoms with Crippen molar-refractivity contribution in [3.63, 3.8) is 0 Å². The zero-order valence-corrected chi connectivity index (χ0v) is 23.4. The third-order valence-corrected chi connectivity index (χ3v) is 7.90. The van der Waals surface area contributed by atoms with E-state index in [9.17, 15) is 0 Å². The minimum atomic E-state index is -0.608. The van der Waals surface area contributed by atoms with Crippen molar-refractivity contribution in [2.24, 2.45) is 0 Å². The summed E-state index contributed by atoms with van der Waals surface area (Å²) in [5.74, 6) is -0.677. The number of fused-ring (bicyclic) bond motifs is 6. The van der Waals surface area contributed by atoms with Crippen LogP contribution in [0.25, 0.3) is 88.8 Å². The van der Waals surface area contributed by atoms with Gasteiger partial charge in [0, 0.05) is 27.5 Å². The molecule has 0 atom stereocenters. The zero-order chi connectivity index (χ0) is 38.4. The normalized spacial score (nSPS) is 14.7. The van der Waals surface area contributed by atoms with E-state index in [-0.39, 0.29) is 28.6 Å². The van der Waals surface area contributed by atoms with E-state index in [1.807, 2.05) is 48.5 Å². The molecule has 4 heteroatoms. The van der Waals surface area contributed by atoms with Crippen molar-refractivity contribution in [2.75, 3.05) is 0 Å². The lowest BCUT2D eigenvalue weighted by Gasteiger charge is -2.11. The van der Waals surface area contributed by atoms with Crippen LogP contribution in [-0.4, -0.2) is 15.0 Å². The minimum Gasteiger partial charge on any atom is -0.456 e. The summed E-state index contributed by atoms with van der Waals surface area (Å²) in [7, 11) is 0. The van der Waals surface area contributed by atoms with Crippen LogP contribution in [0.3, 0.4) is 0 Å². The lowest BCUT2D eigenvalue weighted by atomic mass is 9.92. The fraction of sp³-hybridized carbons (Fsp3) is 0. The van der Waals surface area contributed by atoms with E-state index >= 15 is 0 Å². The summed E-state index contributed by atoms with van der Waals surface area (Å²) < 4.78 is 90.3. The number of benzene rings is 7. The van der Waals surface area contributed by atoms with Crippen LogP contribution in [-0.2, 0) is 0 Å². The summed E-state index contributed by atoms with van der Waals surface area (Å²) >= 11 is 0. The Labute approximate surface area is 273 Å². The van der Waals surface area contributed by atoms with Gasteiger partial charge in [-0.15, -0.1) is 0 Å². The van der Waals surface area contributed by atoms with Crippen LogP contribution < -0.4 is 0 Å². The second-order valence-corrected chi connectivity index (χ2v) is 10.5. The van der Waals surface area contributed by atoms with Gasteiger partial charge >= 0.3 is 0 Å². The van der Waals surface area contributed by atoms with Crippen LogP contribution in [0.1, 0.15) is 13.7 Å². The highest BCUT2D eigenvalue weighted by Gasteiger charge is 2.18. The van der Waals surface area contributed by atoms with E-state index in [1.165, 1.54) is 0 Å². The summed E-state index contributed by atoms with van der Waals surface area (Å²) in [4.78, 5) is 13.6. The molecule has 9 rings (SSSR count). The van der Waals surface area contributed by atoms with Gasteiger partial charge in [0.2, 0.25) is 0 Å². The van der Waals surface area contributed by atoms with Crippen LogP contribution in [0.15, 0.2) is 156 Å². The van der Waals surface area contributed by atoms with E-state index in [2.05, 4.69) is 45.3 Å².